The van der Waals surface area contributed by atoms with Crippen molar-refractivity contribution in [1.82, 2.24) is 38.2 Å². The average Bonchev–Trinajstić information content (AvgIpc) is 1.56. The van der Waals surface area contributed by atoms with E-state index in [4.69, 9.17) is 19.9 Å². The van der Waals surface area contributed by atoms with E-state index >= 15 is 0 Å². The maximum atomic E-state index is 5.38. The molecular weight excluding hydrogens is 1290 g/mol. The maximum absolute atomic E-state index is 5.38. The Morgan fingerprint density at radius 3 is 0.811 bits per heavy atom. The quantitative estimate of drug-likeness (QED) is 0.129. The van der Waals surface area contributed by atoms with Crippen LogP contribution in [-0.2, 0) is 0 Å². The topological polar surface area (TPSA) is 71.3 Å². The summed E-state index contributed by atoms with van der Waals surface area (Å²) >= 11 is 0. The third-order valence-corrected chi connectivity index (χ3v) is 20.7. The molecule has 0 bridgehead atoms. The van der Waals surface area contributed by atoms with E-state index in [2.05, 4.69) is 388 Å². The first-order valence-corrected chi connectivity index (χ1v) is 35.9. The van der Waals surface area contributed by atoms with Crippen LogP contribution in [-0.4, -0.2) is 38.2 Å². The van der Waals surface area contributed by atoms with Gasteiger partial charge in [-0.15, -0.1) is 0 Å². The summed E-state index contributed by atoms with van der Waals surface area (Å²) in [5.74, 6) is 3.02. The lowest BCUT2D eigenvalue weighted by atomic mass is 10.0. The molecule has 8 nitrogen and oxygen atoms in total. The van der Waals surface area contributed by atoms with Gasteiger partial charge in [-0.3, -0.25) is 9.13 Å². The van der Waals surface area contributed by atoms with E-state index in [9.17, 15) is 0 Å². The number of benzene rings is 15. The molecule has 0 amide bonds. The van der Waals surface area contributed by atoms with Gasteiger partial charge in [0.1, 0.15) is 11.6 Å². The van der Waals surface area contributed by atoms with E-state index in [1.54, 1.807) is 0 Å². The van der Waals surface area contributed by atoms with E-state index in [0.29, 0.717) is 11.6 Å². The minimum absolute atomic E-state index is 0.678. The molecule has 496 valence electrons. The molecule has 0 atom stereocenters. The lowest BCUT2D eigenvalue weighted by molar-refractivity contribution is 1.05. The summed E-state index contributed by atoms with van der Waals surface area (Å²) in [4.78, 5) is 21.2. The molecule has 106 heavy (non-hydrogen) atoms. The molecule has 0 aliphatic carbocycles. The van der Waals surface area contributed by atoms with Crippen LogP contribution in [0.3, 0.4) is 0 Å². The molecule has 15 aromatic carbocycles. The van der Waals surface area contributed by atoms with Crippen LogP contribution in [0, 0.1) is 0 Å². The number of aromatic nitrogens is 8. The van der Waals surface area contributed by atoms with Crippen LogP contribution in [0.4, 0.5) is 0 Å². The van der Waals surface area contributed by atoms with Crippen LogP contribution < -0.4 is 0 Å². The largest absolute Gasteiger partial charge is 0.309 e. The minimum Gasteiger partial charge on any atom is -0.309 e. The van der Waals surface area contributed by atoms with Gasteiger partial charge in [-0.1, -0.05) is 297 Å². The smallest absolute Gasteiger partial charge is 0.162 e. The highest BCUT2D eigenvalue weighted by Crippen LogP contribution is 2.43. The zero-order valence-electron chi connectivity index (χ0n) is 57.5. The van der Waals surface area contributed by atoms with E-state index in [0.717, 1.165) is 95.4 Å². The van der Waals surface area contributed by atoms with Crippen LogP contribution in [0.1, 0.15) is 0 Å². The number of fused-ring (bicyclic) bond motifs is 12. The third-order valence-electron chi connectivity index (χ3n) is 20.7. The van der Waals surface area contributed by atoms with Gasteiger partial charge in [-0.25, -0.2) is 19.9 Å². The van der Waals surface area contributed by atoms with Gasteiger partial charge in [-0.2, -0.15) is 0 Å². The van der Waals surface area contributed by atoms with Crippen molar-refractivity contribution in [2.24, 2.45) is 0 Å². The highest BCUT2D eigenvalue weighted by Gasteiger charge is 2.24. The first-order chi connectivity index (χ1) is 52.6. The van der Waals surface area contributed by atoms with Crippen molar-refractivity contribution < 1.29 is 0 Å². The second-order valence-electron chi connectivity index (χ2n) is 26.9. The third kappa shape index (κ3) is 10.8. The van der Waals surface area contributed by atoms with Gasteiger partial charge in [-0.05, 0) is 112 Å². The standard InChI is InChI=1S/C52H34N4.C46H30N4/c1-4-14-35(15-5-1)37-24-28-39(29-25-37)46-34-51(54-52(53-46)40-30-26-38(27-31-40)36-16-6-2-7-17-36)56-48-23-13-11-21-43(48)45-32-49-44(33-50(45)56)42-20-10-12-22-47(42)55(49)41-18-8-3-9-19-41;1-4-15-31(16-5-1)33-19-14-20-34(27-33)46-47-40(32-17-6-2-7-18-32)30-45(48-46)50-42-26-13-11-24-37(42)39-28-43-38(29-44(39)50)36-23-10-12-25-41(36)49(43)35-21-8-3-9-22-35/h1-34H;1-30H. The van der Waals surface area contributed by atoms with Crippen molar-refractivity contribution in [1.29, 1.82) is 0 Å². The van der Waals surface area contributed by atoms with Gasteiger partial charge in [0.2, 0.25) is 0 Å². The summed E-state index contributed by atoms with van der Waals surface area (Å²) in [6, 6.07) is 137. The van der Waals surface area contributed by atoms with Crippen molar-refractivity contribution in [3.05, 3.63) is 388 Å². The Morgan fingerprint density at radius 2 is 0.415 bits per heavy atom. The molecule has 6 aromatic heterocycles. The first kappa shape index (κ1) is 61.5. The van der Waals surface area contributed by atoms with Crippen molar-refractivity contribution >= 4 is 87.2 Å². The molecular formula is C98H64N8. The van der Waals surface area contributed by atoms with Crippen molar-refractivity contribution in [2.45, 2.75) is 0 Å². The van der Waals surface area contributed by atoms with E-state index in [-0.39, 0.29) is 0 Å². The second-order valence-corrected chi connectivity index (χ2v) is 26.9. The molecule has 21 aromatic rings. The molecule has 0 fully saturated rings. The Morgan fingerprint density at radius 1 is 0.151 bits per heavy atom. The van der Waals surface area contributed by atoms with Crippen molar-refractivity contribution in [2.75, 3.05) is 0 Å². The fraction of sp³-hybridized carbons (Fsp3) is 0. The van der Waals surface area contributed by atoms with Crippen LogP contribution in [0.25, 0.3) is 189 Å². The van der Waals surface area contributed by atoms with Crippen molar-refractivity contribution in [3.8, 4) is 102 Å². The summed E-state index contributed by atoms with van der Waals surface area (Å²) in [6.45, 7) is 0. The second kappa shape index (κ2) is 25.9. The summed E-state index contributed by atoms with van der Waals surface area (Å²) in [6.07, 6.45) is 0. The zero-order chi connectivity index (χ0) is 70.0. The average molecular weight is 1350 g/mol. The van der Waals surface area contributed by atoms with Crippen molar-refractivity contribution in [3.63, 3.8) is 0 Å². The fourth-order valence-corrected chi connectivity index (χ4v) is 15.7. The van der Waals surface area contributed by atoms with Gasteiger partial charge >= 0.3 is 0 Å². The zero-order valence-corrected chi connectivity index (χ0v) is 57.5. The number of nitrogens with zero attached hydrogens (tertiary/aromatic N) is 8. The highest BCUT2D eigenvalue weighted by atomic mass is 15.1. The molecule has 6 heterocycles. The van der Waals surface area contributed by atoms with Crippen LogP contribution in [0.2, 0.25) is 0 Å². The summed E-state index contributed by atoms with van der Waals surface area (Å²) in [7, 11) is 0. The Hall–Kier alpha value is -14.3. The monoisotopic (exact) mass is 1350 g/mol. The van der Waals surface area contributed by atoms with Gasteiger partial charge < -0.3 is 9.13 Å². The predicted molar refractivity (Wildman–Crippen MR) is 439 cm³/mol. The highest BCUT2D eigenvalue weighted by molar-refractivity contribution is 6.20. The van der Waals surface area contributed by atoms with E-state index in [1.165, 1.54) is 81.8 Å². The van der Waals surface area contributed by atoms with Crippen LogP contribution >= 0.6 is 0 Å². The normalized spacial score (nSPS) is 11.6. The maximum Gasteiger partial charge on any atom is 0.162 e. The van der Waals surface area contributed by atoms with Gasteiger partial charge in [0.05, 0.1) is 55.5 Å². The Bertz CT molecular complexity index is 6780. The van der Waals surface area contributed by atoms with Gasteiger partial charge in [0.25, 0.3) is 0 Å². The SMILES string of the molecule is c1ccc(-c2ccc(-c3cc(-n4c5ccccc5c5cc6c(cc54)c4ccccc4n6-c4ccccc4)nc(-c4ccc(-c5ccccc5)cc4)n3)cc2)cc1.c1ccc(-c2cccc(-c3nc(-c4ccccc4)cc(-n4c5ccccc5c5cc6c(cc54)c4ccccc4n6-c4ccccc4)n3)c2)cc1. The molecule has 0 saturated heterocycles. The van der Waals surface area contributed by atoms with Crippen LogP contribution in [0.15, 0.2) is 388 Å². The molecule has 0 saturated carbocycles. The molecule has 8 heteroatoms. The van der Waals surface area contributed by atoms with E-state index < -0.39 is 0 Å². The lowest BCUT2D eigenvalue weighted by Crippen LogP contribution is -2.02. The fourth-order valence-electron chi connectivity index (χ4n) is 15.7. The molecule has 0 radical (unpaired) electrons. The number of rotatable bonds is 11. The summed E-state index contributed by atoms with van der Waals surface area (Å²) < 4.78 is 9.41. The summed E-state index contributed by atoms with van der Waals surface area (Å²) in [5, 5.41) is 9.55. The number of hydrogen-bond donors (Lipinski definition) is 0. The molecule has 21 rings (SSSR count). The predicted octanol–water partition coefficient (Wildman–Crippen LogP) is 25.0. The first-order valence-electron chi connectivity index (χ1n) is 35.9. The lowest BCUT2D eigenvalue weighted by Gasteiger charge is -2.13. The van der Waals surface area contributed by atoms with E-state index in [1.807, 2.05) is 18.2 Å². The molecule has 0 aliphatic rings. The summed E-state index contributed by atoms with van der Waals surface area (Å²) in [5.41, 5.74) is 24.2. The van der Waals surface area contributed by atoms with Gasteiger partial charge in [0, 0.05) is 88.9 Å². The minimum atomic E-state index is 0.678. The molecule has 0 N–H and O–H groups in total. The Labute approximate surface area is 611 Å². The molecule has 0 spiro atoms. The van der Waals surface area contributed by atoms with Crippen LogP contribution in [0.5, 0.6) is 0 Å². The number of para-hydroxylation sites is 6. The Kier molecular flexibility index (Phi) is 15.0. The number of hydrogen-bond acceptors (Lipinski definition) is 4. The Balaban J connectivity index is 0.000000141. The molecule has 0 unspecified atom stereocenters. The van der Waals surface area contributed by atoms with Gasteiger partial charge in [0.15, 0.2) is 11.6 Å². The molecule has 0 aliphatic heterocycles.